The van der Waals surface area contributed by atoms with E-state index in [0.717, 1.165) is 40.7 Å². The molecule has 8 heteroatoms. The molecule has 0 aliphatic carbocycles. The predicted molar refractivity (Wildman–Crippen MR) is 166 cm³/mol. The summed E-state index contributed by atoms with van der Waals surface area (Å²) in [5, 5.41) is 13.1. The van der Waals surface area contributed by atoms with E-state index in [4.69, 9.17) is 26.3 Å². The summed E-state index contributed by atoms with van der Waals surface area (Å²) in [6.45, 7) is 8.66. The Balaban J connectivity index is 1.72. The highest BCUT2D eigenvalue weighted by Gasteiger charge is 2.12. The number of ether oxygens (including phenoxy) is 1. The average molecular weight is 569 g/mol. The Bertz CT molecular complexity index is 1660. The number of aryl methyl sites for hydroxylation is 1. The van der Waals surface area contributed by atoms with Crippen LogP contribution in [0.25, 0.3) is 16.7 Å². The Hall–Kier alpha value is -4.38. The fourth-order valence-electron chi connectivity index (χ4n) is 4.17. The molecule has 0 aliphatic rings. The molecule has 7 nitrogen and oxygen atoms in total. The van der Waals surface area contributed by atoms with Crippen LogP contribution in [0.15, 0.2) is 71.9 Å². The van der Waals surface area contributed by atoms with Crippen molar-refractivity contribution in [1.82, 2.24) is 14.9 Å². The Morgan fingerprint density at radius 3 is 2.63 bits per heavy atom. The number of halogens is 1. The number of nitrogens with one attached hydrogen (secondary N) is 1. The summed E-state index contributed by atoms with van der Waals surface area (Å²) >= 11 is 6.57. The van der Waals surface area contributed by atoms with Gasteiger partial charge in [-0.15, -0.1) is 0 Å². The van der Waals surface area contributed by atoms with Crippen LogP contribution in [0.1, 0.15) is 58.7 Å². The molecule has 2 N–H and O–H groups in total. The van der Waals surface area contributed by atoms with Crippen molar-refractivity contribution < 1.29 is 14.6 Å². The first kappa shape index (κ1) is 29.6. The molecular weight excluding hydrogens is 536 g/mol. The molecule has 0 radical (unpaired) electrons. The van der Waals surface area contributed by atoms with E-state index in [0.29, 0.717) is 41.9 Å². The molecule has 0 fully saturated rings. The van der Waals surface area contributed by atoms with Crippen molar-refractivity contribution in [2.24, 2.45) is 4.99 Å². The molecule has 1 aromatic heterocycles. The third kappa shape index (κ3) is 7.85. The van der Waals surface area contributed by atoms with Crippen LogP contribution in [0.2, 0.25) is 5.02 Å². The largest absolute Gasteiger partial charge is 0.478 e. The molecule has 4 aromatic rings. The second kappa shape index (κ2) is 14.3. The summed E-state index contributed by atoms with van der Waals surface area (Å²) in [5.41, 5.74) is 5.95. The average Bonchev–Trinajstić information content (AvgIpc) is 3.31. The first-order chi connectivity index (χ1) is 19.9. The van der Waals surface area contributed by atoms with Gasteiger partial charge < -0.3 is 19.7 Å². The van der Waals surface area contributed by atoms with E-state index in [2.05, 4.69) is 28.6 Å². The fourth-order valence-corrected chi connectivity index (χ4v) is 4.50. The van der Waals surface area contributed by atoms with Gasteiger partial charge in [0, 0.05) is 42.6 Å². The monoisotopic (exact) mass is 568 g/mol. The van der Waals surface area contributed by atoms with Crippen LogP contribution in [-0.2, 0) is 11.3 Å². The molecule has 1 heterocycles. The van der Waals surface area contributed by atoms with E-state index < -0.39 is 5.97 Å². The van der Waals surface area contributed by atoms with Gasteiger partial charge in [-0.2, -0.15) is 0 Å². The summed E-state index contributed by atoms with van der Waals surface area (Å²) in [4.78, 5) is 21.0. The molecule has 4 rings (SSSR count). The first-order valence-electron chi connectivity index (χ1n) is 13.6. The molecule has 41 heavy (non-hydrogen) atoms. The topological polar surface area (TPSA) is 88.7 Å². The molecule has 210 valence electrons. The van der Waals surface area contributed by atoms with Gasteiger partial charge in [-0.05, 0) is 68.3 Å². The number of carboxylic acid groups (broad SMARTS) is 1. The molecular formula is C33H33ClN4O3. The smallest absolute Gasteiger partial charge is 0.335 e. The van der Waals surface area contributed by atoms with Crippen LogP contribution in [-0.4, -0.2) is 46.6 Å². The first-order valence-corrected chi connectivity index (χ1v) is 13.9. The Labute approximate surface area is 245 Å². The van der Waals surface area contributed by atoms with Crippen LogP contribution >= 0.6 is 11.6 Å². The highest BCUT2D eigenvalue weighted by Crippen LogP contribution is 2.26. The lowest BCUT2D eigenvalue weighted by Gasteiger charge is -2.09. The zero-order valence-corrected chi connectivity index (χ0v) is 24.2. The van der Waals surface area contributed by atoms with Crippen LogP contribution in [0.5, 0.6) is 0 Å². The van der Waals surface area contributed by atoms with Crippen molar-refractivity contribution in [3.05, 3.63) is 106 Å². The maximum absolute atomic E-state index is 11.3. The second-order valence-electron chi connectivity index (χ2n) is 9.40. The van der Waals surface area contributed by atoms with Gasteiger partial charge in [-0.1, -0.05) is 48.6 Å². The summed E-state index contributed by atoms with van der Waals surface area (Å²) < 4.78 is 7.87. The van der Waals surface area contributed by atoms with E-state index in [1.165, 1.54) is 0 Å². The van der Waals surface area contributed by atoms with Gasteiger partial charge in [0.25, 0.3) is 0 Å². The van der Waals surface area contributed by atoms with Crippen molar-refractivity contribution in [3.63, 3.8) is 0 Å². The van der Waals surface area contributed by atoms with Crippen molar-refractivity contribution in [2.75, 3.05) is 19.8 Å². The second-order valence-corrected chi connectivity index (χ2v) is 9.81. The fraction of sp³-hybridized carbons (Fsp3) is 0.242. The maximum Gasteiger partial charge on any atom is 0.335 e. The summed E-state index contributed by atoms with van der Waals surface area (Å²) in [6, 6.07) is 18.3. The third-order valence-electron chi connectivity index (χ3n) is 6.21. The molecule has 3 aromatic carbocycles. The number of rotatable bonds is 11. The van der Waals surface area contributed by atoms with Crippen LogP contribution in [0, 0.1) is 18.8 Å². The van der Waals surface area contributed by atoms with Crippen molar-refractivity contribution in [1.29, 1.82) is 0 Å². The van der Waals surface area contributed by atoms with Gasteiger partial charge >= 0.3 is 5.97 Å². The summed E-state index contributed by atoms with van der Waals surface area (Å²) in [6.07, 6.45) is 4.55. The number of aromatic carboxylic acids is 1. The molecule has 0 aliphatic heterocycles. The lowest BCUT2D eigenvalue weighted by atomic mass is 10.1. The van der Waals surface area contributed by atoms with Crippen molar-refractivity contribution >= 4 is 40.5 Å². The SMILES string of the molecule is CCCOCCn1c(C=N/C(=C\NCC)c2ccc(C)cc2Cl)nc2ccc(C#Cc3cccc(C(=O)O)c3)cc21. The van der Waals surface area contributed by atoms with E-state index in [1.54, 1.807) is 30.5 Å². The number of carboxylic acids is 1. The number of fused-ring (bicyclic) bond motifs is 1. The maximum atomic E-state index is 11.3. The number of nitrogens with zero attached hydrogens (tertiary/aromatic N) is 3. The van der Waals surface area contributed by atoms with E-state index in [1.807, 2.05) is 56.4 Å². The summed E-state index contributed by atoms with van der Waals surface area (Å²) in [5.74, 6) is 5.94. The molecule has 0 atom stereocenters. The van der Waals surface area contributed by atoms with Gasteiger partial charge in [-0.3, -0.25) is 4.99 Å². The Kier molecular flexibility index (Phi) is 10.3. The van der Waals surface area contributed by atoms with Gasteiger partial charge in [0.15, 0.2) is 5.82 Å². The number of hydrogen-bond acceptors (Lipinski definition) is 5. The van der Waals surface area contributed by atoms with Gasteiger partial charge in [-0.25, -0.2) is 9.78 Å². The number of hydrogen-bond donors (Lipinski definition) is 2. The standard InChI is InChI=1S/C33H33ClN4O3/c1-4-16-41-17-15-38-31-20-25(11-10-24-7-6-8-26(19-24)33(39)40)12-14-29(31)37-32(38)22-36-30(21-35-5-2)27-13-9-23(3)18-28(27)34/h6-9,12-14,18-22,35H,4-5,15-17H2,1-3H3,(H,39,40)/b30-21-,36-22?. The molecule has 0 saturated carbocycles. The van der Waals surface area contributed by atoms with Gasteiger partial charge in [0.1, 0.15) is 0 Å². The Morgan fingerprint density at radius 2 is 1.90 bits per heavy atom. The minimum absolute atomic E-state index is 0.204. The molecule has 0 amide bonds. The minimum atomic E-state index is -0.980. The minimum Gasteiger partial charge on any atom is -0.478 e. The van der Waals surface area contributed by atoms with E-state index in [9.17, 15) is 9.90 Å². The summed E-state index contributed by atoms with van der Waals surface area (Å²) in [7, 11) is 0. The predicted octanol–water partition coefficient (Wildman–Crippen LogP) is 6.55. The highest BCUT2D eigenvalue weighted by atomic mass is 35.5. The quantitative estimate of drug-likeness (QED) is 0.122. The molecule has 0 unspecified atom stereocenters. The lowest BCUT2D eigenvalue weighted by molar-refractivity contribution is 0.0697. The third-order valence-corrected chi connectivity index (χ3v) is 6.52. The molecule has 0 bridgehead atoms. The Morgan fingerprint density at radius 1 is 1.10 bits per heavy atom. The van der Waals surface area contributed by atoms with Crippen molar-refractivity contribution in [3.8, 4) is 11.8 Å². The number of benzene rings is 3. The molecule has 0 spiro atoms. The number of imidazole rings is 1. The highest BCUT2D eigenvalue weighted by molar-refractivity contribution is 6.32. The number of carbonyl (C=O) groups is 1. The number of aromatic nitrogens is 2. The van der Waals surface area contributed by atoms with Crippen LogP contribution in [0.3, 0.4) is 0 Å². The van der Waals surface area contributed by atoms with Crippen LogP contribution in [0.4, 0.5) is 0 Å². The zero-order valence-electron chi connectivity index (χ0n) is 23.4. The molecule has 0 saturated heterocycles. The van der Waals surface area contributed by atoms with Crippen molar-refractivity contribution in [2.45, 2.75) is 33.7 Å². The zero-order chi connectivity index (χ0) is 29.2. The van der Waals surface area contributed by atoms with E-state index >= 15 is 0 Å². The lowest BCUT2D eigenvalue weighted by Crippen LogP contribution is -2.10. The number of aliphatic imine (C=N–C) groups is 1. The van der Waals surface area contributed by atoms with Gasteiger partial charge in [0.05, 0.1) is 40.1 Å². The van der Waals surface area contributed by atoms with Crippen LogP contribution < -0.4 is 5.32 Å². The van der Waals surface area contributed by atoms with E-state index in [-0.39, 0.29) is 5.56 Å². The van der Waals surface area contributed by atoms with Gasteiger partial charge in [0.2, 0.25) is 0 Å². The normalized spacial score (nSPS) is 11.6.